The third-order valence-corrected chi connectivity index (χ3v) is 4.49. The first-order chi connectivity index (χ1) is 12.1. The fourth-order valence-corrected chi connectivity index (χ4v) is 3.13. The van der Waals surface area contributed by atoms with Gasteiger partial charge in [-0.3, -0.25) is 4.79 Å². The molecule has 0 atom stereocenters. The Bertz CT molecular complexity index is 897. The number of rotatable bonds is 6. The molecule has 5 nitrogen and oxygen atoms in total. The molecule has 1 aromatic heterocycles. The number of aromatic nitrogens is 3. The number of nitrogens with zero attached hydrogens (tertiary/aromatic N) is 4. The predicted molar refractivity (Wildman–Crippen MR) is 95.6 cm³/mol. The topological polar surface area (TPSA) is 60.1 Å². The van der Waals surface area contributed by atoms with Crippen LogP contribution in [0.2, 0.25) is 0 Å². The van der Waals surface area contributed by atoms with Crippen LogP contribution >= 0.6 is 23.4 Å². The van der Waals surface area contributed by atoms with Crippen molar-refractivity contribution in [3.05, 3.63) is 77.2 Å². The fraction of sp³-hybridized carbons (Fsp3) is 0.0588. The average Bonchev–Trinajstić information content (AvgIpc) is 3.03. The second-order valence-corrected chi connectivity index (χ2v) is 6.28. The zero-order valence-corrected chi connectivity index (χ0v) is 14.4. The van der Waals surface area contributed by atoms with Crippen molar-refractivity contribution < 1.29 is 9.18 Å². The van der Waals surface area contributed by atoms with Crippen LogP contribution in [0.1, 0.15) is 21.6 Å². The van der Waals surface area contributed by atoms with Crippen LogP contribution in [0.4, 0.5) is 4.39 Å². The number of carbonyl (C=O) groups excluding carboxylic acids is 1. The minimum absolute atomic E-state index is 0.0545. The maximum absolute atomic E-state index is 12.9. The van der Waals surface area contributed by atoms with Gasteiger partial charge in [0.25, 0.3) is 5.24 Å². The second-order valence-electron chi connectivity index (χ2n) is 4.98. The molecule has 0 saturated heterocycles. The van der Waals surface area contributed by atoms with Crippen LogP contribution in [-0.4, -0.2) is 26.6 Å². The Balaban J connectivity index is 1.83. The molecule has 8 heteroatoms. The Labute approximate surface area is 152 Å². The van der Waals surface area contributed by atoms with E-state index in [0.717, 1.165) is 5.56 Å². The predicted octanol–water partition coefficient (Wildman–Crippen LogP) is 3.97. The van der Waals surface area contributed by atoms with Crippen molar-refractivity contribution in [2.75, 3.05) is 0 Å². The van der Waals surface area contributed by atoms with E-state index in [0.29, 0.717) is 16.3 Å². The lowest BCUT2D eigenvalue weighted by atomic mass is 10.2. The summed E-state index contributed by atoms with van der Waals surface area (Å²) in [6.07, 6.45) is 1.50. The maximum atomic E-state index is 12.9. The number of thioether (sulfide) groups is 1. The van der Waals surface area contributed by atoms with Gasteiger partial charge in [0.2, 0.25) is 0 Å². The summed E-state index contributed by atoms with van der Waals surface area (Å²) in [5.74, 6) is 0.282. The van der Waals surface area contributed by atoms with Gasteiger partial charge in [-0.1, -0.05) is 54.2 Å². The van der Waals surface area contributed by atoms with Crippen molar-refractivity contribution >= 4 is 34.8 Å². The van der Waals surface area contributed by atoms with Crippen molar-refractivity contribution in [1.29, 1.82) is 0 Å². The number of benzene rings is 2. The Morgan fingerprint density at radius 2 is 1.92 bits per heavy atom. The molecule has 0 fully saturated rings. The summed E-state index contributed by atoms with van der Waals surface area (Å²) in [6.45, 7) is 0. The summed E-state index contributed by atoms with van der Waals surface area (Å²) in [4.78, 5) is 12.8. The van der Waals surface area contributed by atoms with E-state index >= 15 is 0 Å². The van der Waals surface area contributed by atoms with Crippen LogP contribution in [0.25, 0.3) is 0 Å². The summed E-state index contributed by atoms with van der Waals surface area (Å²) < 4.78 is 12.9. The molecule has 0 bridgehead atoms. The summed E-state index contributed by atoms with van der Waals surface area (Å²) in [5, 5.41) is 11.6. The molecule has 2 aromatic carbocycles. The maximum Gasteiger partial charge on any atom is 0.275 e. The van der Waals surface area contributed by atoms with E-state index in [1.165, 1.54) is 34.9 Å². The van der Waals surface area contributed by atoms with E-state index in [9.17, 15) is 9.18 Å². The third kappa shape index (κ3) is 4.52. The molecule has 1 heterocycles. The Hall–Kier alpha value is -2.51. The smallest absolute Gasteiger partial charge is 0.274 e. The molecule has 0 radical (unpaired) electrons. The standard InChI is InChI=1S/C17H12ClFN4OS/c18-16(24)15-17(25-11-13-4-2-1-3-5-13)23(22-21-15)20-10-12-6-8-14(19)9-7-12/h1-10H,11H2. The van der Waals surface area contributed by atoms with E-state index in [-0.39, 0.29) is 11.5 Å². The van der Waals surface area contributed by atoms with E-state index in [1.54, 1.807) is 12.1 Å². The van der Waals surface area contributed by atoms with Gasteiger partial charge in [0.05, 0.1) is 6.21 Å². The van der Waals surface area contributed by atoms with Gasteiger partial charge < -0.3 is 0 Å². The SMILES string of the molecule is O=C(Cl)c1nnn(N=Cc2ccc(F)cc2)c1SCc1ccccc1. The van der Waals surface area contributed by atoms with Crippen molar-refractivity contribution in [3.8, 4) is 0 Å². The first-order valence-corrected chi connectivity index (χ1v) is 8.62. The molecule has 0 aliphatic heterocycles. The monoisotopic (exact) mass is 374 g/mol. The Kier molecular flexibility index (Phi) is 5.57. The van der Waals surface area contributed by atoms with Crippen molar-refractivity contribution in [3.63, 3.8) is 0 Å². The molecule has 25 heavy (non-hydrogen) atoms. The quantitative estimate of drug-likeness (QED) is 0.372. The number of halogens is 2. The highest BCUT2D eigenvalue weighted by Crippen LogP contribution is 2.26. The van der Waals surface area contributed by atoms with E-state index in [2.05, 4.69) is 15.4 Å². The Morgan fingerprint density at radius 3 is 2.60 bits per heavy atom. The number of hydrogen-bond donors (Lipinski definition) is 0. The molecular weight excluding hydrogens is 363 g/mol. The van der Waals surface area contributed by atoms with Gasteiger partial charge in [0.1, 0.15) is 5.82 Å². The van der Waals surface area contributed by atoms with E-state index in [4.69, 9.17) is 11.6 Å². The van der Waals surface area contributed by atoms with Crippen LogP contribution in [0.15, 0.2) is 64.7 Å². The zero-order chi connectivity index (χ0) is 17.6. The van der Waals surface area contributed by atoms with Gasteiger partial charge >= 0.3 is 0 Å². The summed E-state index contributed by atoms with van der Waals surface area (Å²) in [7, 11) is 0. The molecule has 0 saturated carbocycles. The molecule has 0 unspecified atom stereocenters. The fourth-order valence-electron chi connectivity index (χ4n) is 1.99. The molecular formula is C17H12ClFN4OS. The normalized spacial score (nSPS) is 11.1. The van der Waals surface area contributed by atoms with Crippen LogP contribution in [-0.2, 0) is 5.75 Å². The van der Waals surface area contributed by atoms with Crippen LogP contribution < -0.4 is 0 Å². The second kappa shape index (κ2) is 8.04. The summed E-state index contributed by atoms with van der Waals surface area (Å²) in [6, 6.07) is 15.6. The lowest BCUT2D eigenvalue weighted by molar-refractivity contribution is 0.107. The third-order valence-electron chi connectivity index (χ3n) is 3.20. The number of hydrogen-bond acceptors (Lipinski definition) is 5. The number of carbonyl (C=O) groups is 1. The minimum Gasteiger partial charge on any atom is -0.274 e. The molecule has 0 N–H and O–H groups in total. The van der Waals surface area contributed by atoms with Crippen molar-refractivity contribution in [1.82, 2.24) is 15.1 Å². The van der Waals surface area contributed by atoms with Crippen molar-refractivity contribution in [2.24, 2.45) is 5.10 Å². The van der Waals surface area contributed by atoms with E-state index < -0.39 is 5.24 Å². The average molecular weight is 375 g/mol. The van der Waals surface area contributed by atoms with E-state index in [1.807, 2.05) is 30.3 Å². The molecule has 0 amide bonds. The molecule has 3 aromatic rings. The largest absolute Gasteiger partial charge is 0.275 e. The Morgan fingerprint density at radius 1 is 1.20 bits per heavy atom. The summed E-state index contributed by atoms with van der Waals surface area (Å²) in [5.41, 5.74) is 1.82. The lowest BCUT2D eigenvalue weighted by Crippen LogP contribution is -1.98. The lowest BCUT2D eigenvalue weighted by Gasteiger charge is -2.02. The highest BCUT2D eigenvalue weighted by atomic mass is 35.5. The zero-order valence-electron chi connectivity index (χ0n) is 12.8. The van der Waals surface area contributed by atoms with Crippen LogP contribution in [0.3, 0.4) is 0 Å². The highest BCUT2D eigenvalue weighted by molar-refractivity contribution is 7.98. The van der Waals surface area contributed by atoms with Gasteiger partial charge in [0, 0.05) is 5.75 Å². The molecule has 0 aliphatic rings. The van der Waals surface area contributed by atoms with Crippen molar-refractivity contribution in [2.45, 2.75) is 10.8 Å². The highest BCUT2D eigenvalue weighted by Gasteiger charge is 2.18. The molecule has 3 rings (SSSR count). The van der Waals surface area contributed by atoms with Crippen LogP contribution in [0, 0.1) is 5.82 Å². The van der Waals surface area contributed by atoms with Gasteiger partial charge in [-0.2, -0.15) is 5.10 Å². The first-order valence-electron chi connectivity index (χ1n) is 7.25. The molecule has 0 aliphatic carbocycles. The van der Waals surface area contributed by atoms with Gasteiger partial charge in [-0.15, -0.1) is 9.89 Å². The summed E-state index contributed by atoms with van der Waals surface area (Å²) >= 11 is 6.93. The first kappa shape index (κ1) is 17.3. The molecule has 0 spiro atoms. The minimum atomic E-state index is -0.696. The van der Waals surface area contributed by atoms with Gasteiger partial charge in [-0.05, 0) is 40.1 Å². The van der Waals surface area contributed by atoms with Crippen LogP contribution in [0.5, 0.6) is 0 Å². The molecule has 126 valence electrons. The van der Waals surface area contributed by atoms with Gasteiger partial charge in [-0.25, -0.2) is 4.39 Å². The van der Waals surface area contributed by atoms with Gasteiger partial charge in [0.15, 0.2) is 10.7 Å².